The molecule has 448 valence electrons. The monoisotopic (exact) mass is 1140 g/mol. The fourth-order valence-corrected chi connectivity index (χ4v) is 11.8. The molecule has 18 heteroatoms. The summed E-state index contributed by atoms with van der Waals surface area (Å²) in [6.07, 6.45) is 19.2. The molecule has 3 fully saturated rings. The summed E-state index contributed by atoms with van der Waals surface area (Å²) in [5.41, 5.74) is 10.9. The van der Waals surface area contributed by atoms with Crippen molar-refractivity contribution in [3.8, 4) is 29.5 Å². The van der Waals surface area contributed by atoms with Crippen LogP contribution in [0.4, 0.5) is 0 Å². The summed E-state index contributed by atoms with van der Waals surface area (Å²) in [5, 5.41) is 23.6. The summed E-state index contributed by atoms with van der Waals surface area (Å²) in [6, 6.07) is 5.99. The van der Waals surface area contributed by atoms with Crippen molar-refractivity contribution in [2.75, 3.05) is 34.5 Å². The van der Waals surface area contributed by atoms with Crippen molar-refractivity contribution in [1.82, 2.24) is 14.9 Å². The van der Waals surface area contributed by atoms with Gasteiger partial charge in [0, 0.05) is 82.5 Å². The van der Waals surface area contributed by atoms with Gasteiger partial charge in [0.1, 0.15) is 30.1 Å². The number of fused-ring (bicyclic) bond motifs is 3. The molecule has 18 nitrogen and oxygen atoms in total. The Kier molecular flexibility index (Phi) is 24.9. The SMILES string of the molecule is C#CCOc1ncc(-c2cccc(CO[C@@H]3CC[C@@H](C[C@@H](N)[C@@H]4CC(=O)[C@H](C)/C=C(\C)[C@@H](O)[C@@H](OC)C(=O)[C@H](C)C[C@H](C)/C=C/C=C/C=C(\C)[C@@H](OC)C[C@@H]5CC[C@@H](C)[C@@](O)(O5)C(=O)C(=O)N5CCCC[C@H]5C(=O)O4)C[C@H]3OC)c2)cn1. The second-order valence-electron chi connectivity index (χ2n) is 23.0. The van der Waals surface area contributed by atoms with Crippen molar-refractivity contribution in [1.29, 1.82) is 0 Å². The number of allylic oxidation sites excluding steroid dienone is 6. The van der Waals surface area contributed by atoms with Crippen LogP contribution < -0.4 is 10.5 Å². The van der Waals surface area contributed by atoms with Gasteiger partial charge >= 0.3 is 12.0 Å². The van der Waals surface area contributed by atoms with Crippen LogP contribution in [0.1, 0.15) is 124 Å². The van der Waals surface area contributed by atoms with E-state index in [1.165, 1.54) is 7.11 Å². The Morgan fingerprint density at radius 3 is 2.34 bits per heavy atom. The zero-order valence-electron chi connectivity index (χ0n) is 49.4. The zero-order valence-corrected chi connectivity index (χ0v) is 49.4. The third-order valence-corrected chi connectivity index (χ3v) is 16.8. The van der Waals surface area contributed by atoms with Crippen molar-refractivity contribution in [2.45, 2.75) is 186 Å². The van der Waals surface area contributed by atoms with Gasteiger partial charge in [-0.3, -0.25) is 19.2 Å². The molecule has 4 heterocycles. The summed E-state index contributed by atoms with van der Waals surface area (Å²) in [7, 11) is 4.58. The Morgan fingerprint density at radius 1 is 0.878 bits per heavy atom. The summed E-state index contributed by atoms with van der Waals surface area (Å²) < 4.78 is 41.8. The van der Waals surface area contributed by atoms with E-state index in [0.717, 1.165) is 27.2 Å². The first-order valence-corrected chi connectivity index (χ1v) is 29.0. The van der Waals surface area contributed by atoms with Crippen LogP contribution in [-0.2, 0) is 59.0 Å². The number of terminal acetylenes is 1. The number of rotatable bonds is 12. The number of ketones is 3. The van der Waals surface area contributed by atoms with Crippen molar-refractivity contribution in [3.63, 3.8) is 0 Å². The number of nitrogens with zero attached hydrogens (tertiary/aromatic N) is 3. The third kappa shape index (κ3) is 17.4. The molecule has 2 bridgehead atoms. The van der Waals surface area contributed by atoms with Crippen molar-refractivity contribution < 1.29 is 67.3 Å². The number of amides is 1. The Balaban J connectivity index is 1.23. The molecule has 2 saturated heterocycles. The minimum Gasteiger partial charge on any atom is -0.459 e. The largest absolute Gasteiger partial charge is 0.459 e. The zero-order chi connectivity index (χ0) is 59.7. The number of aromatic nitrogens is 2. The standard InChI is InChI=1S/C64H88N4O14/c1-11-28-79-63-66-36-48(37-67-63)47-21-17-20-46(31-47)38-80-53-26-24-45(33-56(53)77-9)32-50(65)55-35-52(69)41(4)30-43(6)58(71)59(78-10)57(70)42(5)29-39(2)18-13-12-14-19-40(3)54(76-8)34-49-25-23-44(7)64(75,82-49)60(72)61(73)68-27-16-15-22-51(68)62(74)81-55/h1,12-14,17-21,30-31,36-37,39,41-42,44-45,49-51,53-56,58-59,71,75H,15-16,22-29,32-35,38,65H2,2-10H3/b14-12+,18-13+,40-19+,43-30+/t39-,41-,42-,44-,45+,49+,50-,51+,53-,54+,55+,56-,58-,59+,64-/m1/s1. The topological polar surface area (TPSA) is 245 Å². The number of carbonyl (C=O) groups is 5. The molecule has 1 saturated carbocycles. The minimum atomic E-state index is -2.47. The molecular formula is C64H88N4O14. The van der Waals surface area contributed by atoms with E-state index < -0.39 is 83.8 Å². The lowest BCUT2D eigenvalue weighted by atomic mass is 9.80. The van der Waals surface area contributed by atoms with Crippen LogP contribution in [0.3, 0.4) is 0 Å². The summed E-state index contributed by atoms with van der Waals surface area (Å²) in [5.74, 6) is -5.84. The van der Waals surface area contributed by atoms with Gasteiger partial charge in [0.15, 0.2) is 12.4 Å². The fourth-order valence-electron chi connectivity index (χ4n) is 11.8. The van der Waals surface area contributed by atoms with E-state index in [9.17, 15) is 34.2 Å². The molecule has 15 atom stereocenters. The van der Waals surface area contributed by atoms with Crippen LogP contribution in [0.25, 0.3) is 11.1 Å². The van der Waals surface area contributed by atoms with E-state index in [4.69, 9.17) is 45.3 Å². The quantitative estimate of drug-likeness (QED) is 0.0803. The fraction of sp³-hybridized carbons (Fsp3) is 0.609. The van der Waals surface area contributed by atoms with Gasteiger partial charge in [-0.25, -0.2) is 14.8 Å². The van der Waals surface area contributed by atoms with Gasteiger partial charge < -0.3 is 54.0 Å². The molecule has 0 unspecified atom stereocenters. The Bertz CT molecular complexity index is 2650. The van der Waals surface area contributed by atoms with E-state index in [1.807, 2.05) is 68.5 Å². The first-order chi connectivity index (χ1) is 39.2. The summed E-state index contributed by atoms with van der Waals surface area (Å²) >= 11 is 0. The van der Waals surface area contributed by atoms with E-state index >= 15 is 0 Å². The van der Waals surface area contributed by atoms with Gasteiger partial charge in [0.05, 0.1) is 31.0 Å². The maximum Gasteiger partial charge on any atom is 0.329 e. The number of Topliss-reactive ketones (excluding diaryl/α,β-unsaturated/α-hetero) is 3. The molecule has 3 aliphatic heterocycles. The molecule has 1 aromatic carbocycles. The molecule has 0 spiro atoms. The number of benzene rings is 1. The number of cyclic esters (lactones) is 1. The number of hydrogen-bond donors (Lipinski definition) is 3. The lowest BCUT2D eigenvalue weighted by Crippen LogP contribution is -2.61. The molecule has 4 N–H and O–H groups in total. The van der Waals surface area contributed by atoms with Crippen molar-refractivity contribution >= 4 is 29.2 Å². The maximum atomic E-state index is 14.6. The molecule has 4 aliphatic rings. The molecule has 6 rings (SSSR count). The summed E-state index contributed by atoms with van der Waals surface area (Å²) in [6.45, 7) is 11.1. The predicted molar refractivity (Wildman–Crippen MR) is 308 cm³/mol. The molecule has 82 heavy (non-hydrogen) atoms. The number of ether oxygens (including phenoxy) is 7. The lowest BCUT2D eigenvalue weighted by Gasteiger charge is -2.42. The molecule has 0 radical (unpaired) electrons. The average molecular weight is 1140 g/mol. The smallest absolute Gasteiger partial charge is 0.329 e. The maximum absolute atomic E-state index is 14.6. The van der Waals surface area contributed by atoms with Gasteiger partial charge in [0.25, 0.3) is 11.7 Å². The highest BCUT2D eigenvalue weighted by Crippen LogP contribution is 2.38. The Morgan fingerprint density at radius 2 is 1.63 bits per heavy atom. The Labute approximate surface area is 484 Å². The number of piperidine rings is 1. The average Bonchev–Trinajstić information content (AvgIpc) is 3.27. The number of aliphatic hydroxyl groups excluding tert-OH is 1. The lowest BCUT2D eigenvalue weighted by molar-refractivity contribution is -0.265. The van der Waals surface area contributed by atoms with Crippen LogP contribution in [0.15, 0.2) is 84.3 Å². The number of carbonyl (C=O) groups excluding carboxylic acids is 5. The van der Waals surface area contributed by atoms with Crippen LogP contribution in [-0.4, -0.2) is 149 Å². The second kappa shape index (κ2) is 31.2. The van der Waals surface area contributed by atoms with Gasteiger partial charge in [-0.1, -0.05) is 88.3 Å². The molecule has 1 amide bonds. The van der Waals surface area contributed by atoms with E-state index in [2.05, 4.69) is 15.9 Å². The second-order valence-corrected chi connectivity index (χ2v) is 23.0. The van der Waals surface area contributed by atoms with E-state index in [-0.39, 0.29) is 67.6 Å². The number of methoxy groups -OCH3 is 3. The first-order valence-electron chi connectivity index (χ1n) is 29.0. The van der Waals surface area contributed by atoms with Crippen molar-refractivity contribution in [3.05, 3.63) is 89.8 Å². The van der Waals surface area contributed by atoms with Crippen LogP contribution in [0, 0.1) is 41.9 Å². The molecule has 1 aromatic heterocycles. The molecular weight excluding hydrogens is 1050 g/mol. The minimum absolute atomic E-state index is 0.00608. The van der Waals surface area contributed by atoms with Gasteiger partial charge in [-0.15, -0.1) is 6.42 Å². The highest BCUT2D eigenvalue weighted by Gasteiger charge is 2.53. The van der Waals surface area contributed by atoms with E-state index in [0.29, 0.717) is 76.4 Å². The van der Waals surface area contributed by atoms with Crippen LogP contribution in [0.2, 0.25) is 0 Å². The molecule has 2 aromatic rings. The number of esters is 1. The van der Waals surface area contributed by atoms with Gasteiger partial charge in [0.2, 0.25) is 5.79 Å². The van der Waals surface area contributed by atoms with E-state index in [1.54, 1.807) is 60.4 Å². The summed E-state index contributed by atoms with van der Waals surface area (Å²) in [4.78, 5) is 81.4. The highest BCUT2D eigenvalue weighted by molar-refractivity contribution is 6.39. The van der Waals surface area contributed by atoms with Crippen LogP contribution in [0.5, 0.6) is 6.01 Å². The third-order valence-electron chi connectivity index (χ3n) is 16.8. The van der Waals surface area contributed by atoms with Gasteiger partial charge in [-0.2, -0.15) is 0 Å². The van der Waals surface area contributed by atoms with Gasteiger partial charge in [-0.05, 0) is 118 Å². The van der Waals surface area contributed by atoms with Crippen LogP contribution >= 0.6 is 0 Å². The van der Waals surface area contributed by atoms with Crippen molar-refractivity contribution in [2.24, 2.45) is 35.3 Å². The number of nitrogens with two attached hydrogens (primary N) is 1. The molecule has 1 aliphatic carbocycles. The number of aliphatic hydroxyl groups is 2. The normalized spacial score (nSPS) is 34.3. The first kappa shape index (κ1) is 65.4. The highest BCUT2D eigenvalue weighted by atomic mass is 16.6. The predicted octanol–water partition coefficient (Wildman–Crippen LogP) is 7.57. The number of hydrogen-bond acceptors (Lipinski definition) is 17. The Hall–Kier alpha value is -5.75.